The van der Waals surface area contributed by atoms with Crippen molar-refractivity contribution in [1.29, 1.82) is 0 Å². The Morgan fingerprint density at radius 3 is 1.75 bits per heavy atom. The Balaban J connectivity index is 1.85. The Hall–Kier alpha value is -1.56. The molecular formula is C20H20. The van der Waals surface area contributed by atoms with Gasteiger partial charge in [0.1, 0.15) is 0 Å². The van der Waals surface area contributed by atoms with E-state index in [9.17, 15) is 0 Å². The van der Waals surface area contributed by atoms with Gasteiger partial charge in [0.15, 0.2) is 0 Å². The summed E-state index contributed by atoms with van der Waals surface area (Å²) in [5, 5.41) is 0. The molecule has 3 aliphatic rings. The van der Waals surface area contributed by atoms with Crippen molar-refractivity contribution < 1.29 is 0 Å². The third-order valence-corrected chi connectivity index (χ3v) is 6.25. The molecule has 0 aromatic heterocycles. The Labute approximate surface area is 120 Å². The highest BCUT2D eigenvalue weighted by atomic mass is 14.6. The summed E-state index contributed by atoms with van der Waals surface area (Å²) >= 11 is 0. The summed E-state index contributed by atoms with van der Waals surface area (Å²) in [6.45, 7) is 0. The van der Waals surface area contributed by atoms with Crippen LogP contribution in [0.2, 0.25) is 0 Å². The molecule has 0 unspecified atom stereocenters. The second-order valence-electron chi connectivity index (χ2n) is 6.92. The summed E-state index contributed by atoms with van der Waals surface area (Å²) in [4.78, 5) is 0. The van der Waals surface area contributed by atoms with Crippen molar-refractivity contribution in [2.24, 2.45) is 11.8 Å². The van der Waals surface area contributed by atoms with Gasteiger partial charge in [-0.3, -0.25) is 0 Å². The van der Waals surface area contributed by atoms with E-state index in [1.807, 2.05) is 0 Å². The van der Waals surface area contributed by atoms with E-state index in [-0.39, 0.29) is 0 Å². The lowest BCUT2D eigenvalue weighted by Crippen LogP contribution is -2.40. The Kier molecular flexibility index (Phi) is 2.09. The van der Waals surface area contributed by atoms with Crippen molar-refractivity contribution in [3.8, 4) is 0 Å². The van der Waals surface area contributed by atoms with Gasteiger partial charge >= 0.3 is 0 Å². The fourth-order valence-electron chi connectivity index (χ4n) is 5.68. The van der Waals surface area contributed by atoms with Crippen LogP contribution >= 0.6 is 0 Å². The zero-order valence-corrected chi connectivity index (χ0v) is 11.8. The van der Waals surface area contributed by atoms with E-state index in [2.05, 4.69) is 48.5 Å². The van der Waals surface area contributed by atoms with Gasteiger partial charge in [0.05, 0.1) is 0 Å². The fraction of sp³-hybridized carbons (Fsp3) is 0.400. The van der Waals surface area contributed by atoms with Gasteiger partial charge in [0.2, 0.25) is 0 Å². The molecule has 0 aliphatic heterocycles. The minimum Gasteiger partial charge on any atom is -0.0620 e. The van der Waals surface area contributed by atoms with Gasteiger partial charge in [-0.2, -0.15) is 0 Å². The molecule has 0 N–H and O–H groups in total. The van der Waals surface area contributed by atoms with Crippen LogP contribution in [0.5, 0.6) is 0 Å². The third kappa shape index (κ3) is 1.15. The molecule has 2 aromatic rings. The summed E-state index contributed by atoms with van der Waals surface area (Å²) in [5.74, 6) is 1.70. The second-order valence-corrected chi connectivity index (χ2v) is 6.92. The van der Waals surface area contributed by atoms with E-state index in [1.54, 1.807) is 22.3 Å². The largest absolute Gasteiger partial charge is 0.0620 e. The quantitative estimate of drug-likeness (QED) is 0.654. The summed E-state index contributed by atoms with van der Waals surface area (Å²) in [6.07, 6.45) is 6.88. The molecule has 20 heavy (non-hydrogen) atoms. The maximum Gasteiger partial charge on any atom is 0.0270 e. The maximum atomic E-state index is 2.43. The minimum absolute atomic E-state index is 0.367. The summed E-state index contributed by atoms with van der Waals surface area (Å²) < 4.78 is 0. The second kappa shape index (κ2) is 3.75. The van der Waals surface area contributed by atoms with Crippen molar-refractivity contribution in [2.45, 2.75) is 37.5 Å². The van der Waals surface area contributed by atoms with E-state index in [4.69, 9.17) is 0 Å². The molecule has 1 spiro atoms. The third-order valence-electron chi connectivity index (χ3n) is 6.25. The first kappa shape index (κ1) is 11.1. The van der Waals surface area contributed by atoms with Crippen LogP contribution in [0.4, 0.5) is 0 Å². The van der Waals surface area contributed by atoms with Gasteiger partial charge in [0.25, 0.3) is 0 Å². The SMILES string of the molecule is c1ccc2c(c1)C[C@@H]1CCC[C@H]3Cc4ccccc4C213. The van der Waals surface area contributed by atoms with E-state index in [1.165, 1.54) is 32.1 Å². The van der Waals surface area contributed by atoms with Gasteiger partial charge in [-0.25, -0.2) is 0 Å². The van der Waals surface area contributed by atoms with Crippen LogP contribution in [0.25, 0.3) is 0 Å². The zero-order valence-electron chi connectivity index (χ0n) is 11.8. The molecule has 0 saturated heterocycles. The molecule has 3 aliphatic carbocycles. The van der Waals surface area contributed by atoms with Crippen LogP contribution in [0.1, 0.15) is 41.5 Å². The summed E-state index contributed by atoms with van der Waals surface area (Å²) in [5.41, 5.74) is 6.95. The molecule has 1 fully saturated rings. The molecule has 0 heterocycles. The molecule has 1 saturated carbocycles. The summed E-state index contributed by atoms with van der Waals surface area (Å²) in [6, 6.07) is 18.6. The first-order valence-electron chi connectivity index (χ1n) is 8.07. The van der Waals surface area contributed by atoms with Crippen LogP contribution in [0, 0.1) is 11.8 Å². The molecule has 2 atom stereocenters. The van der Waals surface area contributed by atoms with E-state index >= 15 is 0 Å². The van der Waals surface area contributed by atoms with E-state index < -0.39 is 0 Å². The lowest BCUT2D eigenvalue weighted by molar-refractivity contribution is 0.176. The average molecular weight is 260 g/mol. The summed E-state index contributed by atoms with van der Waals surface area (Å²) in [7, 11) is 0. The monoisotopic (exact) mass is 260 g/mol. The molecule has 0 heteroatoms. The molecule has 0 amide bonds. The number of hydrogen-bond donors (Lipinski definition) is 0. The molecule has 100 valence electrons. The van der Waals surface area contributed by atoms with Gasteiger partial charge < -0.3 is 0 Å². The van der Waals surface area contributed by atoms with Gasteiger partial charge in [-0.05, 0) is 59.8 Å². The van der Waals surface area contributed by atoms with Crippen LogP contribution in [-0.2, 0) is 18.3 Å². The number of hydrogen-bond acceptors (Lipinski definition) is 0. The van der Waals surface area contributed by atoms with Crippen molar-refractivity contribution in [2.75, 3.05) is 0 Å². The van der Waals surface area contributed by atoms with Crippen molar-refractivity contribution in [3.05, 3.63) is 70.8 Å². The topological polar surface area (TPSA) is 0 Å². The van der Waals surface area contributed by atoms with Gasteiger partial charge in [-0.15, -0.1) is 0 Å². The molecular weight excluding hydrogens is 240 g/mol. The van der Waals surface area contributed by atoms with Crippen LogP contribution in [-0.4, -0.2) is 0 Å². The van der Waals surface area contributed by atoms with Crippen molar-refractivity contribution in [3.63, 3.8) is 0 Å². The Morgan fingerprint density at radius 1 is 0.700 bits per heavy atom. The first-order valence-corrected chi connectivity index (χ1v) is 8.07. The van der Waals surface area contributed by atoms with Crippen LogP contribution in [0.15, 0.2) is 48.5 Å². The normalized spacial score (nSPS) is 33.2. The lowest BCUT2D eigenvalue weighted by atomic mass is 9.59. The molecule has 5 rings (SSSR count). The predicted molar refractivity (Wildman–Crippen MR) is 81.9 cm³/mol. The highest BCUT2D eigenvalue weighted by Gasteiger charge is 2.57. The minimum atomic E-state index is 0.367. The average Bonchev–Trinajstić information content (AvgIpc) is 3.01. The predicted octanol–water partition coefficient (Wildman–Crippen LogP) is 4.50. The smallest absolute Gasteiger partial charge is 0.0270 e. The maximum absolute atomic E-state index is 2.43. The van der Waals surface area contributed by atoms with Gasteiger partial charge in [-0.1, -0.05) is 55.0 Å². The zero-order chi connectivity index (χ0) is 13.2. The number of rotatable bonds is 0. The van der Waals surface area contributed by atoms with Gasteiger partial charge in [0, 0.05) is 5.41 Å². The molecule has 0 radical (unpaired) electrons. The number of fused-ring (bicyclic) bond motifs is 2. The highest BCUT2D eigenvalue weighted by Crippen LogP contribution is 2.62. The lowest BCUT2D eigenvalue weighted by Gasteiger charge is -2.43. The number of benzene rings is 2. The van der Waals surface area contributed by atoms with Crippen molar-refractivity contribution in [1.82, 2.24) is 0 Å². The molecule has 0 nitrogen and oxygen atoms in total. The Bertz CT molecular complexity index is 622. The molecule has 0 bridgehead atoms. The molecule has 2 aromatic carbocycles. The Morgan fingerprint density at radius 2 is 1.20 bits per heavy atom. The first-order chi connectivity index (χ1) is 9.90. The standard InChI is InChI=1S/C20H20/c1-3-10-18-14(6-1)12-16-8-5-9-17-13-15-7-2-4-11-19(15)20(16,17)18/h1-4,6-7,10-11,16-17H,5,8-9,12-13H2/t16-,17-,20?/m0/s1. The van der Waals surface area contributed by atoms with Crippen LogP contribution in [0.3, 0.4) is 0 Å². The van der Waals surface area contributed by atoms with Crippen LogP contribution < -0.4 is 0 Å². The van der Waals surface area contributed by atoms with Crippen molar-refractivity contribution >= 4 is 0 Å². The fourth-order valence-corrected chi connectivity index (χ4v) is 5.68. The highest BCUT2D eigenvalue weighted by molar-refractivity contribution is 5.56. The van der Waals surface area contributed by atoms with E-state index in [0.717, 1.165) is 11.8 Å². The van der Waals surface area contributed by atoms with E-state index in [0.29, 0.717) is 5.41 Å².